The summed E-state index contributed by atoms with van der Waals surface area (Å²) >= 11 is 0. The number of carbonyl (C=O) groups is 1. The molecule has 0 bridgehead atoms. The summed E-state index contributed by atoms with van der Waals surface area (Å²) in [6.45, 7) is 11.2. The second-order valence-corrected chi connectivity index (χ2v) is 6.33. The van der Waals surface area contributed by atoms with Crippen molar-refractivity contribution in [3.8, 4) is 0 Å². The van der Waals surface area contributed by atoms with Gasteiger partial charge in [-0.3, -0.25) is 9.69 Å². The zero-order valence-corrected chi connectivity index (χ0v) is 13.4. The number of hydrogen-bond acceptors (Lipinski definition) is 3. The predicted octanol–water partition coefficient (Wildman–Crippen LogP) is 1.87. The van der Waals surface area contributed by atoms with Gasteiger partial charge >= 0.3 is 0 Å². The topological polar surface area (TPSA) is 44.4 Å². The maximum atomic E-state index is 12.1. The van der Waals surface area contributed by atoms with E-state index in [1.54, 1.807) is 0 Å². The molecule has 4 heteroatoms. The Morgan fingerprint density at radius 2 is 2.29 bits per heavy atom. The molecule has 21 heavy (non-hydrogen) atoms. The van der Waals surface area contributed by atoms with Crippen molar-refractivity contribution >= 4 is 5.91 Å². The van der Waals surface area contributed by atoms with Crippen LogP contribution in [0.4, 0.5) is 0 Å². The molecule has 1 heterocycles. The number of nitrogens with zero attached hydrogens (tertiary/aromatic N) is 1. The molecule has 1 aliphatic heterocycles. The molecule has 1 aromatic carbocycles. The maximum absolute atomic E-state index is 12.1. The van der Waals surface area contributed by atoms with Gasteiger partial charge < -0.3 is 10.6 Å². The molecule has 1 amide bonds. The van der Waals surface area contributed by atoms with Gasteiger partial charge in [-0.15, -0.1) is 0 Å². The number of hydrogen-bond donors (Lipinski definition) is 2. The molecule has 2 rings (SSSR count). The molecular weight excluding hydrogens is 262 g/mol. The highest BCUT2D eigenvalue weighted by Gasteiger charge is 2.18. The first-order valence-electron chi connectivity index (χ1n) is 7.88. The van der Waals surface area contributed by atoms with Crippen LogP contribution in [0.3, 0.4) is 0 Å². The van der Waals surface area contributed by atoms with Crippen molar-refractivity contribution in [2.45, 2.75) is 33.4 Å². The fourth-order valence-electron chi connectivity index (χ4n) is 2.56. The molecule has 0 aromatic heterocycles. The summed E-state index contributed by atoms with van der Waals surface area (Å²) in [6.07, 6.45) is 0. The third-order valence-corrected chi connectivity index (χ3v) is 3.88. The van der Waals surface area contributed by atoms with Crippen LogP contribution in [0.15, 0.2) is 24.3 Å². The van der Waals surface area contributed by atoms with Crippen LogP contribution in [-0.2, 0) is 6.54 Å². The minimum atomic E-state index is 0.0268. The van der Waals surface area contributed by atoms with E-state index < -0.39 is 0 Å². The zero-order valence-electron chi connectivity index (χ0n) is 13.4. The average molecular weight is 289 g/mol. The molecule has 2 N–H and O–H groups in total. The monoisotopic (exact) mass is 289 g/mol. The predicted molar refractivity (Wildman–Crippen MR) is 86.4 cm³/mol. The van der Waals surface area contributed by atoms with Gasteiger partial charge in [0.25, 0.3) is 5.91 Å². The van der Waals surface area contributed by atoms with Gasteiger partial charge in [-0.1, -0.05) is 26.0 Å². The van der Waals surface area contributed by atoms with Gasteiger partial charge in [0.05, 0.1) is 0 Å². The Morgan fingerprint density at radius 1 is 1.48 bits per heavy atom. The Hall–Kier alpha value is -1.39. The van der Waals surface area contributed by atoms with Gasteiger partial charge in [0.2, 0.25) is 0 Å². The Labute approximate surface area is 127 Å². The summed E-state index contributed by atoms with van der Waals surface area (Å²) in [5.41, 5.74) is 1.97. The molecule has 1 atom stereocenters. The van der Waals surface area contributed by atoms with E-state index in [1.807, 2.05) is 18.2 Å². The number of carbonyl (C=O) groups excluding carboxylic acids is 1. The molecule has 0 saturated carbocycles. The number of rotatable bonds is 5. The van der Waals surface area contributed by atoms with Crippen LogP contribution >= 0.6 is 0 Å². The summed E-state index contributed by atoms with van der Waals surface area (Å²) in [7, 11) is 0. The number of benzene rings is 1. The van der Waals surface area contributed by atoms with Gasteiger partial charge in [0.1, 0.15) is 0 Å². The normalized spacial score (nSPS) is 19.7. The Kier molecular flexibility index (Phi) is 5.76. The summed E-state index contributed by atoms with van der Waals surface area (Å²) < 4.78 is 0. The summed E-state index contributed by atoms with van der Waals surface area (Å²) in [4.78, 5) is 14.6. The lowest BCUT2D eigenvalue weighted by molar-refractivity contribution is 0.0948. The Balaban J connectivity index is 1.98. The van der Waals surface area contributed by atoms with Crippen molar-refractivity contribution in [1.29, 1.82) is 0 Å². The number of amides is 1. The lowest BCUT2D eigenvalue weighted by Gasteiger charge is -2.33. The second-order valence-electron chi connectivity index (χ2n) is 6.33. The average Bonchev–Trinajstić information content (AvgIpc) is 2.47. The quantitative estimate of drug-likeness (QED) is 0.870. The van der Waals surface area contributed by atoms with Crippen LogP contribution in [-0.4, -0.2) is 43.0 Å². The summed E-state index contributed by atoms with van der Waals surface area (Å²) in [5, 5.41) is 6.38. The van der Waals surface area contributed by atoms with E-state index in [4.69, 9.17) is 0 Å². The molecule has 1 aromatic rings. The summed E-state index contributed by atoms with van der Waals surface area (Å²) in [6, 6.07) is 8.53. The molecule has 1 fully saturated rings. The molecular formula is C17H27N3O. The first-order chi connectivity index (χ1) is 10.1. The van der Waals surface area contributed by atoms with E-state index in [0.717, 1.165) is 38.3 Å². The molecule has 1 aliphatic rings. The fourth-order valence-corrected chi connectivity index (χ4v) is 2.56. The minimum absolute atomic E-state index is 0.0268. The van der Waals surface area contributed by atoms with Crippen molar-refractivity contribution in [2.24, 2.45) is 5.92 Å². The van der Waals surface area contributed by atoms with E-state index in [9.17, 15) is 4.79 Å². The van der Waals surface area contributed by atoms with Crippen LogP contribution in [0.1, 0.15) is 36.7 Å². The lowest BCUT2D eigenvalue weighted by atomic mass is 10.1. The number of piperazine rings is 1. The molecule has 0 aliphatic carbocycles. The van der Waals surface area contributed by atoms with E-state index in [2.05, 4.69) is 42.4 Å². The van der Waals surface area contributed by atoms with Gasteiger partial charge in [-0.05, 0) is 30.5 Å². The van der Waals surface area contributed by atoms with Crippen molar-refractivity contribution in [3.05, 3.63) is 35.4 Å². The van der Waals surface area contributed by atoms with Crippen molar-refractivity contribution < 1.29 is 4.79 Å². The van der Waals surface area contributed by atoms with Crippen molar-refractivity contribution in [2.75, 3.05) is 26.2 Å². The maximum Gasteiger partial charge on any atom is 0.251 e. The number of nitrogens with one attached hydrogen (secondary N) is 2. The van der Waals surface area contributed by atoms with Gasteiger partial charge in [-0.2, -0.15) is 0 Å². The highest BCUT2D eigenvalue weighted by Crippen LogP contribution is 2.12. The second kappa shape index (κ2) is 7.57. The Bertz CT molecular complexity index is 473. The first-order valence-corrected chi connectivity index (χ1v) is 7.88. The van der Waals surface area contributed by atoms with Crippen molar-refractivity contribution in [3.63, 3.8) is 0 Å². The fraction of sp³-hybridized carbons (Fsp3) is 0.588. The molecule has 0 radical (unpaired) electrons. The summed E-state index contributed by atoms with van der Waals surface area (Å²) in [5.74, 6) is 0.498. The van der Waals surface area contributed by atoms with Crippen LogP contribution in [0, 0.1) is 5.92 Å². The van der Waals surface area contributed by atoms with Gasteiger partial charge in [-0.25, -0.2) is 0 Å². The third kappa shape index (κ3) is 4.83. The van der Waals surface area contributed by atoms with Gasteiger partial charge in [0, 0.05) is 44.3 Å². The first kappa shape index (κ1) is 16.0. The van der Waals surface area contributed by atoms with Gasteiger partial charge in [0.15, 0.2) is 0 Å². The van der Waals surface area contributed by atoms with Crippen LogP contribution in [0.2, 0.25) is 0 Å². The minimum Gasteiger partial charge on any atom is -0.352 e. The lowest BCUT2D eigenvalue weighted by Crippen LogP contribution is -2.49. The van der Waals surface area contributed by atoms with Crippen LogP contribution in [0.25, 0.3) is 0 Å². The van der Waals surface area contributed by atoms with Crippen LogP contribution in [0.5, 0.6) is 0 Å². The highest BCUT2D eigenvalue weighted by atomic mass is 16.1. The molecule has 4 nitrogen and oxygen atoms in total. The highest BCUT2D eigenvalue weighted by molar-refractivity contribution is 5.94. The van der Waals surface area contributed by atoms with E-state index >= 15 is 0 Å². The van der Waals surface area contributed by atoms with E-state index in [0.29, 0.717) is 12.0 Å². The largest absolute Gasteiger partial charge is 0.352 e. The molecule has 0 unspecified atom stereocenters. The molecule has 0 spiro atoms. The van der Waals surface area contributed by atoms with Crippen LogP contribution < -0.4 is 10.6 Å². The van der Waals surface area contributed by atoms with E-state index in [-0.39, 0.29) is 5.91 Å². The van der Waals surface area contributed by atoms with Crippen molar-refractivity contribution in [1.82, 2.24) is 15.5 Å². The zero-order chi connectivity index (χ0) is 15.2. The van der Waals surface area contributed by atoms with E-state index in [1.165, 1.54) is 5.56 Å². The molecule has 116 valence electrons. The Morgan fingerprint density at radius 3 is 3.00 bits per heavy atom. The smallest absolute Gasteiger partial charge is 0.251 e. The molecule has 1 saturated heterocycles. The third-order valence-electron chi connectivity index (χ3n) is 3.88. The SMILES string of the molecule is CC(C)CNC(=O)c1cccc(CN2CCNC[C@H]2C)c1. The standard InChI is InChI=1S/C17H27N3O/c1-13(2)10-19-17(21)16-6-4-5-15(9-16)12-20-8-7-18-11-14(20)3/h4-6,9,13-14,18H,7-8,10-12H2,1-3H3,(H,19,21)/t14-/m1/s1.